The summed E-state index contributed by atoms with van der Waals surface area (Å²) in [4.78, 5) is 13.0. The fraction of sp³-hybridized carbons (Fsp3) is 0.429. The minimum atomic E-state index is -0.789. The van der Waals surface area contributed by atoms with E-state index in [-0.39, 0.29) is 12.5 Å². The minimum Gasteiger partial charge on any atom is -0.481 e. The monoisotopic (exact) mass is 276 g/mol. The number of carbonyl (C=O) groups is 1. The Balaban J connectivity index is 2.32. The van der Waals surface area contributed by atoms with Gasteiger partial charge in [0.15, 0.2) is 0 Å². The van der Waals surface area contributed by atoms with Gasteiger partial charge in [0.2, 0.25) is 0 Å². The molecule has 1 saturated heterocycles. The van der Waals surface area contributed by atoms with Crippen LogP contribution in [0.1, 0.15) is 17.5 Å². The first-order valence-electron chi connectivity index (χ1n) is 6.18. The normalized spacial score (nSPS) is 18.9. The number of carboxylic acid groups (broad SMARTS) is 1. The molecule has 19 heavy (non-hydrogen) atoms. The van der Waals surface area contributed by atoms with Crippen molar-refractivity contribution in [2.24, 2.45) is 0 Å². The van der Waals surface area contributed by atoms with Crippen LogP contribution in [-0.2, 0) is 4.79 Å². The highest BCUT2D eigenvalue weighted by Crippen LogP contribution is 2.29. The quantitative estimate of drug-likeness (QED) is 0.917. The van der Waals surface area contributed by atoms with Crippen LogP contribution in [-0.4, -0.2) is 35.2 Å². The van der Waals surface area contributed by atoms with Crippen LogP contribution in [0.5, 0.6) is 0 Å². The Hall–Kier alpha value is -1.67. The third kappa shape index (κ3) is 3.21. The molecule has 1 aliphatic rings. The summed E-state index contributed by atoms with van der Waals surface area (Å²) >= 11 is 1.77. The average molecular weight is 276 g/mol. The predicted octanol–water partition coefficient (Wildman–Crippen LogP) is 2.26. The zero-order valence-corrected chi connectivity index (χ0v) is 11.6. The first kappa shape index (κ1) is 13.8. The van der Waals surface area contributed by atoms with E-state index in [2.05, 4.69) is 11.0 Å². The van der Waals surface area contributed by atoms with E-state index in [1.807, 2.05) is 25.1 Å². The summed E-state index contributed by atoms with van der Waals surface area (Å²) in [5.74, 6) is 0.975. The number of hydrogen-bond donors (Lipinski definition) is 1. The van der Waals surface area contributed by atoms with Crippen molar-refractivity contribution in [1.29, 1.82) is 5.26 Å². The molecule has 1 aromatic carbocycles. The molecule has 100 valence electrons. The fourth-order valence-electron chi connectivity index (χ4n) is 2.33. The van der Waals surface area contributed by atoms with Crippen LogP contribution in [0.4, 0.5) is 5.69 Å². The molecule has 0 aromatic heterocycles. The first-order valence-corrected chi connectivity index (χ1v) is 7.34. The number of carboxylic acids is 1. The lowest BCUT2D eigenvalue weighted by Gasteiger charge is -2.37. The smallest absolute Gasteiger partial charge is 0.305 e. The van der Waals surface area contributed by atoms with Gasteiger partial charge in [0.25, 0.3) is 0 Å². The van der Waals surface area contributed by atoms with E-state index in [0.717, 1.165) is 29.3 Å². The molecule has 1 aliphatic heterocycles. The molecule has 1 fully saturated rings. The zero-order valence-electron chi connectivity index (χ0n) is 10.8. The molecule has 0 aliphatic carbocycles. The molecule has 1 atom stereocenters. The van der Waals surface area contributed by atoms with Crippen LogP contribution < -0.4 is 4.90 Å². The highest BCUT2D eigenvalue weighted by molar-refractivity contribution is 7.99. The summed E-state index contributed by atoms with van der Waals surface area (Å²) < 4.78 is 0. The second kappa shape index (κ2) is 5.98. The second-order valence-electron chi connectivity index (χ2n) is 4.65. The molecule has 4 nitrogen and oxygen atoms in total. The molecule has 0 bridgehead atoms. The van der Waals surface area contributed by atoms with E-state index in [0.29, 0.717) is 5.56 Å². The lowest BCUT2D eigenvalue weighted by atomic mass is 10.1. The van der Waals surface area contributed by atoms with Gasteiger partial charge in [-0.3, -0.25) is 4.79 Å². The number of rotatable bonds is 3. The van der Waals surface area contributed by atoms with Gasteiger partial charge in [-0.15, -0.1) is 0 Å². The Morgan fingerprint density at radius 3 is 3.11 bits per heavy atom. The van der Waals surface area contributed by atoms with Gasteiger partial charge in [-0.05, 0) is 24.6 Å². The summed E-state index contributed by atoms with van der Waals surface area (Å²) in [6, 6.07) is 7.93. The molecule has 1 heterocycles. The second-order valence-corrected chi connectivity index (χ2v) is 5.80. The Labute approximate surface area is 117 Å². The van der Waals surface area contributed by atoms with Crippen molar-refractivity contribution >= 4 is 23.4 Å². The van der Waals surface area contributed by atoms with E-state index < -0.39 is 5.97 Å². The van der Waals surface area contributed by atoms with Gasteiger partial charge < -0.3 is 10.0 Å². The highest BCUT2D eigenvalue weighted by atomic mass is 32.2. The molecule has 0 radical (unpaired) electrons. The maximum Gasteiger partial charge on any atom is 0.305 e. The topological polar surface area (TPSA) is 64.3 Å². The van der Waals surface area contributed by atoms with Crippen LogP contribution in [0, 0.1) is 18.3 Å². The Kier molecular flexibility index (Phi) is 4.33. The van der Waals surface area contributed by atoms with Crippen molar-refractivity contribution < 1.29 is 9.90 Å². The van der Waals surface area contributed by atoms with E-state index in [4.69, 9.17) is 5.11 Å². The number of thioether (sulfide) groups is 1. The van der Waals surface area contributed by atoms with Gasteiger partial charge in [0, 0.05) is 24.1 Å². The van der Waals surface area contributed by atoms with Crippen LogP contribution in [0.25, 0.3) is 0 Å². The van der Waals surface area contributed by atoms with E-state index >= 15 is 0 Å². The SMILES string of the molecule is Cc1ccc(N2CCSCC2CC(=O)O)c(C#N)c1. The Morgan fingerprint density at radius 2 is 2.42 bits per heavy atom. The molecule has 0 saturated carbocycles. The van der Waals surface area contributed by atoms with Gasteiger partial charge in [-0.25, -0.2) is 0 Å². The van der Waals surface area contributed by atoms with Crippen molar-refractivity contribution in [3.8, 4) is 6.07 Å². The van der Waals surface area contributed by atoms with Crippen molar-refractivity contribution in [3.05, 3.63) is 29.3 Å². The zero-order chi connectivity index (χ0) is 13.8. The fourth-order valence-corrected chi connectivity index (χ4v) is 3.39. The van der Waals surface area contributed by atoms with Crippen molar-refractivity contribution in [2.75, 3.05) is 23.0 Å². The molecular weight excluding hydrogens is 260 g/mol. The predicted molar refractivity (Wildman–Crippen MR) is 76.6 cm³/mol. The number of nitrogens with zero attached hydrogens (tertiary/aromatic N) is 2. The number of anilines is 1. The van der Waals surface area contributed by atoms with Crippen molar-refractivity contribution in [3.63, 3.8) is 0 Å². The van der Waals surface area contributed by atoms with E-state index in [1.54, 1.807) is 11.8 Å². The van der Waals surface area contributed by atoms with Gasteiger partial charge in [-0.1, -0.05) is 6.07 Å². The molecule has 0 spiro atoms. The van der Waals surface area contributed by atoms with Crippen LogP contribution in [0.2, 0.25) is 0 Å². The van der Waals surface area contributed by atoms with Crippen LogP contribution in [0.15, 0.2) is 18.2 Å². The highest BCUT2D eigenvalue weighted by Gasteiger charge is 2.26. The summed E-state index contributed by atoms with van der Waals surface area (Å²) in [6.45, 7) is 2.74. The summed E-state index contributed by atoms with van der Waals surface area (Å²) in [5, 5.41) is 18.2. The van der Waals surface area contributed by atoms with Gasteiger partial charge >= 0.3 is 5.97 Å². The van der Waals surface area contributed by atoms with Crippen molar-refractivity contribution in [1.82, 2.24) is 0 Å². The number of benzene rings is 1. The third-order valence-corrected chi connectivity index (χ3v) is 4.31. The molecule has 1 N–H and O–H groups in total. The lowest BCUT2D eigenvalue weighted by molar-refractivity contribution is -0.137. The first-order chi connectivity index (χ1) is 9.11. The van der Waals surface area contributed by atoms with Gasteiger partial charge in [-0.2, -0.15) is 17.0 Å². The maximum absolute atomic E-state index is 11.0. The van der Waals surface area contributed by atoms with Crippen molar-refractivity contribution in [2.45, 2.75) is 19.4 Å². The van der Waals surface area contributed by atoms with E-state index in [9.17, 15) is 10.1 Å². The molecule has 1 aromatic rings. The Bertz CT molecular complexity index is 525. The average Bonchev–Trinajstić information content (AvgIpc) is 2.39. The molecular formula is C14H16N2O2S. The third-order valence-electron chi connectivity index (χ3n) is 3.22. The van der Waals surface area contributed by atoms with Gasteiger partial charge in [0.05, 0.1) is 17.7 Å². The number of hydrogen-bond acceptors (Lipinski definition) is 4. The lowest BCUT2D eigenvalue weighted by Crippen LogP contribution is -2.44. The number of aryl methyl sites for hydroxylation is 1. The van der Waals surface area contributed by atoms with Crippen LogP contribution >= 0.6 is 11.8 Å². The molecule has 0 amide bonds. The van der Waals surface area contributed by atoms with Gasteiger partial charge in [0.1, 0.15) is 6.07 Å². The Morgan fingerprint density at radius 1 is 1.63 bits per heavy atom. The standard InChI is InChI=1S/C14H16N2O2S/c1-10-2-3-13(11(6-10)8-15)16-4-5-19-9-12(16)7-14(17)18/h2-3,6,12H,4-5,7,9H2,1H3,(H,17,18). The number of nitriles is 1. The summed E-state index contributed by atoms with van der Waals surface area (Å²) in [5.41, 5.74) is 2.53. The summed E-state index contributed by atoms with van der Waals surface area (Å²) in [7, 11) is 0. The number of aliphatic carboxylic acids is 1. The van der Waals surface area contributed by atoms with Crippen LogP contribution in [0.3, 0.4) is 0 Å². The molecule has 1 unspecified atom stereocenters. The minimum absolute atomic E-state index is 0.0361. The maximum atomic E-state index is 11.0. The molecule has 2 rings (SSSR count). The largest absolute Gasteiger partial charge is 0.481 e. The summed E-state index contributed by atoms with van der Waals surface area (Å²) in [6.07, 6.45) is 0.117. The van der Waals surface area contributed by atoms with E-state index in [1.165, 1.54) is 0 Å². The molecule has 5 heteroatoms.